The summed E-state index contributed by atoms with van der Waals surface area (Å²) in [7, 11) is 1.49. The molecule has 2 nitrogen and oxygen atoms in total. The average Bonchev–Trinajstić information content (AvgIpc) is 2.77. The van der Waals surface area contributed by atoms with Gasteiger partial charge < -0.3 is 4.74 Å². The third-order valence-corrected chi connectivity index (χ3v) is 3.13. The molecule has 2 atom stereocenters. The highest BCUT2D eigenvalue weighted by Gasteiger charge is 2.55. The van der Waals surface area contributed by atoms with E-state index in [0.29, 0.717) is 11.8 Å². The van der Waals surface area contributed by atoms with Crippen molar-refractivity contribution in [3.05, 3.63) is 0 Å². The van der Waals surface area contributed by atoms with E-state index in [1.165, 1.54) is 32.8 Å². The van der Waals surface area contributed by atoms with E-state index in [9.17, 15) is 4.79 Å². The van der Waals surface area contributed by atoms with Gasteiger partial charge in [0.15, 0.2) is 0 Å². The van der Waals surface area contributed by atoms with Crippen LogP contribution in [0.2, 0.25) is 0 Å². The molecule has 0 aromatic heterocycles. The molecule has 0 N–H and O–H groups in total. The van der Waals surface area contributed by atoms with Crippen molar-refractivity contribution in [1.29, 1.82) is 0 Å². The Labute approximate surface area is 66.9 Å². The molecule has 0 saturated heterocycles. The number of carbonyl (C=O) groups is 1. The third kappa shape index (κ3) is 1.05. The molecule has 0 aromatic rings. The van der Waals surface area contributed by atoms with Crippen LogP contribution in [0.5, 0.6) is 0 Å². The standard InChI is InChI=1S/C9H14O2/c1-11-9(10)8-6-4-2-3-5-7(6)8/h6-8H,2-5H2,1H3/t6-,7-/m0/s1. The van der Waals surface area contributed by atoms with Gasteiger partial charge in [-0.05, 0) is 24.7 Å². The van der Waals surface area contributed by atoms with Gasteiger partial charge in [-0.25, -0.2) is 0 Å². The van der Waals surface area contributed by atoms with Crippen LogP contribution in [-0.2, 0) is 9.53 Å². The van der Waals surface area contributed by atoms with Gasteiger partial charge in [-0.3, -0.25) is 4.79 Å². The van der Waals surface area contributed by atoms with Crippen LogP contribution in [0.1, 0.15) is 25.7 Å². The first kappa shape index (κ1) is 7.14. The van der Waals surface area contributed by atoms with Crippen molar-refractivity contribution < 1.29 is 9.53 Å². The van der Waals surface area contributed by atoms with E-state index in [2.05, 4.69) is 0 Å². The van der Waals surface area contributed by atoms with E-state index < -0.39 is 0 Å². The SMILES string of the molecule is COC(=O)C1[C@H]2CCCC[C@H]12. The molecule has 62 valence electrons. The average molecular weight is 154 g/mol. The van der Waals surface area contributed by atoms with Crippen molar-refractivity contribution in [2.75, 3.05) is 7.11 Å². The summed E-state index contributed by atoms with van der Waals surface area (Å²) >= 11 is 0. The zero-order valence-corrected chi connectivity index (χ0v) is 6.88. The number of hydrogen-bond donors (Lipinski definition) is 0. The van der Waals surface area contributed by atoms with E-state index >= 15 is 0 Å². The van der Waals surface area contributed by atoms with Gasteiger partial charge in [0.2, 0.25) is 0 Å². The lowest BCUT2D eigenvalue weighted by atomic mass is 10.0. The molecule has 2 saturated carbocycles. The van der Waals surface area contributed by atoms with Crippen molar-refractivity contribution in [2.45, 2.75) is 25.7 Å². The molecular formula is C9H14O2. The molecule has 2 aliphatic rings. The minimum atomic E-state index is 0.0295. The van der Waals surface area contributed by atoms with E-state index in [4.69, 9.17) is 4.74 Å². The van der Waals surface area contributed by atoms with Crippen LogP contribution in [-0.4, -0.2) is 13.1 Å². The summed E-state index contributed by atoms with van der Waals surface area (Å²) in [5.74, 6) is 1.69. The quantitative estimate of drug-likeness (QED) is 0.536. The molecule has 0 aromatic carbocycles. The smallest absolute Gasteiger partial charge is 0.309 e. The predicted octanol–water partition coefficient (Wildman–Crippen LogP) is 1.60. The van der Waals surface area contributed by atoms with Crippen LogP contribution in [0.15, 0.2) is 0 Å². The molecule has 0 heterocycles. The van der Waals surface area contributed by atoms with Crippen LogP contribution in [0.4, 0.5) is 0 Å². The number of esters is 1. The Morgan fingerprint density at radius 2 is 1.82 bits per heavy atom. The number of hydrogen-bond acceptors (Lipinski definition) is 2. The van der Waals surface area contributed by atoms with Crippen molar-refractivity contribution >= 4 is 5.97 Å². The summed E-state index contributed by atoms with van der Waals surface area (Å²) < 4.78 is 4.73. The fraction of sp³-hybridized carbons (Fsp3) is 0.889. The fourth-order valence-corrected chi connectivity index (χ4v) is 2.48. The van der Waals surface area contributed by atoms with Gasteiger partial charge in [-0.15, -0.1) is 0 Å². The zero-order valence-electron chi connectivity index (χ0n) is 6.88. The Hall–Kier alpha value is -0.530. The molecule has 0 unspecified atom stereocenters. The fourth-order valence-electron chi connectivity index (χ4n) is 2.48. The summed E-state index contributed by atoms with van der Waals surface area (Å²) in [5, 5.41) is 0. The first-order valence-electron chi connectivity index (χ1n) is 4.42. The van der Waals surface area contributed by atoms with Gasteiger partial charge in [0, 0.05) is 0 Å². The highest BCUT2D eigenvalue weighted by atomic mass is 16.5. The highest BCUT2D eigenvalue weighted by Crippen LogP contribution is 2.55. The van der Waals surface area contributed by atoms with Crippen LogP contribution >= 0.6 is 0 Å². The maximum absolute atomic E-state index is 11.1. The van der Waals surface area contributed by atoms with E-state index in [-0.39, 0.29) is 11.9 Å². The van der Waals surface area contributed by atoms with Gasteiger partial charge in [0.25, 0.3) is 0 Å². The number of fused-ring (bicyclic) bond motifs is 1. The summed E-state index contributed by atoms with van der Waals surface area (Å²) in [6, 6.07) is 0. The lowest BCUT2D eigenvalue weighted by Crippen LogP contribution is -2.04. The van der Waals surface area contributed by atoms with E-state index in [1.807, 2.05) is 0 Å². The molecule has 0 amide bonds. The lowest BCUT2D eigenvalue weighted by Gasteiger charge is -2.04. The third-order valence-electron chi connectivity index (χ3n) is 3.13. The minimum absolute atomic E-state index is 0.0295. The highest BCUT2D eigenvalue weighted by molar-refractivity contribution is 5.76. The molecule has 2 heteroatoms. The van der Waals surface area contributed by atoms with Crippen molar-refractivity contribution in [1.82, 2.24) is 0 Å². The molecule has 2 fully saturated rings. The molecular weight excluding hydrogens is 140 g/mol. The van der Waals surface area contributed by atoms with Crippen molar-refractivity contribution in [3.63, 3.8) is 0 Å². The van der Waals surface area contributed by atoms with Gasteiger partial charge in [-0.1, -0.05) is 12.8 Å². The molecule has 11 heavy (non-hydrogen) atoms. The molecule has 2 rings (SSSR count). The Bertz CT molecular complexity index is 164. The summed E-state index contributed by atoms with van der Waals surface area (Å²) in [5.41, 5.74) is 0. The van der Waals surface area contributed by atoms with Crippen LogP contribution in [0.25, 0.3) is 0 Å². The van der Waals surface area contributed by atoms with Gasteiger partial charge in [0.1, 0.15) is 0 Å². The Morgan fingerprint density at radius 3 is 2.27 bits per heavy atom. The lowest BCUT2D eigenvalue weighted by molar-refractivity contribution is -0.142. The Balaban J connectivity index is 1.94. The molecule has 2 aliphatic carbocycles. The summed E-state index contributed by atoms with van der Waals surface area (Å²) in [6.07, 6.45) is 5.14. The second-order valence-electron chi connectivity index (χ2n) is 3.66. The Kier molecular flexibility index (Phi) is 1.63. The second kappa shape index (κ2) is 2.50. The topological polar surface area (TPSA) is 26.3 Å². The molecule has 0 bridgehead atoms. The van der Waals surface area contributed by atoms with Gasteiger partial charge >= 0.3 is 5.97 Å². The molecule has 0 radical (unpaired) electrons. The van der Waals surface area contributed by atoms with E-state index in [1.54, 1.807) is 0 Å². The maximum Gasteiger partial charge on any atom is 0.309 e. The van der Waals surface area contributed by atoms with Gasteiger partial charge in [-0.2, -0.15) is 0 Å². The normalized spacial score (nSPS) is 41.0. The first-order chi connectivity index (χ1) is 5.34. The van der Waals surface area contributed by atoms with Crippen molar-refractivity contribution in [2.24, 2.45) is 17.8 Å². The van der Waals surface area contributed by atoms with Crippen LogP contribution in [0.3, 0.4) is 0 Å². The largest absolute Gasteiger partial charge is 0.469 e. The van der Waals surface area contributed by atoms with Crippen LogP contribution < -0.4 is 0 Å². The monoisotopic (exact) mass is 154 g/mol. The number of ether oxygens (including phenoxy) is 1. The van der Waals surface area contributed by atoms with Gasteiger partial charge in [0.05, 0.1) is 13.0 Å². The maximum atomic E-state index is 11.1. The van der Waals surface area contributed by atoms with Crippen LogP contribution in [0, 0.1) is 17.8 Å². The predicted molar refractivity (Wildman–Crippen MR) is 41.0 cm³/mol. The number of methoxy groups -OCH3 is 1. The second-order valence-corrected chi connectivity index (χ2v) is 3.66. The molecule has 0 spiro atoms. The summed E-state index contributed by atoms with van der Waals surface area (Å²) in [4.78, 5) is 11.1. The zero-order chi connectivity index (χ0) is 7.84. The Morgan fingerprint density at radius 1 is 1.27 bits per heavy atom. The number of rotatable bonds is 1. The minimum Gasteiger partial charge on any atom is -0.469 e. The number of carbonyl (C=O) groups excluding carboxylic acids is 1. The van der Waals surface area contributed by atoms with Crippen molar-refractivity contribution in [3.8, 4) is 0 Å². The molecule has 0 aliphatic heterocycles. The summed E-state index contributed by atoms with van der Waals surface area (Å²) in [6.45, 7) is 0. The first-order valence-corrected chi connectivity index (χ1v) is 4.42. The van der Waals surface area contributed by atoms with E-state index in [0.717, 1.165) is 0 Å².